The molecule has 2 aromatic rings. The SMILES string of the molecule is c1ccc(-c2ccc([C@H]3CCCCN3)o2)cc1. The minimum Gasteiger partial charge on any atom is -0.459 e. The van der Waals surface area contributed by atoms with Gasteiger partial charge in [0.2, 0.25) is 0 Å². The van der Waals surface area contributed by atoms with E-state index >= 15 is 0 Å². The van der Waals surface area contributed by atoms with Crippen molar-refractivity contribution in [1.82, 2.24) is 5.32 Å². The minimum absolute atomic E-state index is 0.404. The first kappa shape index (κ1) is 10.6. The van der Waals surface area contributed by atoms with Crippen molar-refractivity contribution in [3.8, 4) is 11.3 Å². The Morgan fingerprint density at radius 2 is 1.88 bits per heavy atom. The lowest BCUT2D eigenvalue weighted by molar-refractivity contribution is 0.353. The van der Waals surface area contributed by atoms with Crippen LogP contribution in [0.15, 0.2) is 46.9 Å². The molecule has 2 heteroatoms. The van der Waals surface area contributed by atoms with E-state index in [1.54, 1.807) is 0 Å². The fraction of sp³-hybridized carbons (Fsp3) is 0.333. The molecule has 17 heavy (non-hydrogen) atoms. The van der Waals surface area contributed by atoms with E-state index in [4.69, 9.17) is 4.42 Å². The van der Waals surface area contributed by atoms with Gasteiger partial charge in [-0.2, -0.15) is 0 Å². The summed E-state index contributed by atoms with van der Waals surface area (Å²) in [5, 5.41) is 3.51. The van der Waals surface area contributed by atoms with E-state index in [-0.39, 0.29) is 0 Å². The molecule has 0 saturated carbocycles. The van der Waals surface area contributed by atoms with Gasteiger partial charge in [0.15, 0.2) is 0 Å². The van der Waals surface area contributed by atoms with Crippen LogP contribution in [0.1, 0.15) is 31.1 Å². The standard InChI is InChI=1S/C15H17NO/c1-2-6-12(7-3-1)14-9-10-15(17-14)13-8-4-5-11-16-13/h1-3,6-7,9-10,13,16H,4-5,8,11H2/t13-/m1/s1. The number of piperidine rings is 1. The zero-order chi connectivity index (χ0) is 11.5. The van der Waals surface area contributed by atoms with Crippen molar-refractivity contribution in [2.24, 2.45) is 0 Å². The Bertz CT molecular complexity index is 469. The van der Waals surface area contributed by atoms with Crippen LogP contribution < -0.4 is 5.32 Å². The van der Waals surface area contributed by atoms with E-state index in [0.717, 1.165) is 23.6 Å². The van der Waals surface area contributed by atoms with Crippen LogP contribution in [0.3, 0.4) is 0 Å². The third kappa shape index (κ3) is 2.27. The molecule has 0 spiro atoms. The summed E-state index contributed by atoms with van der Waals surface area (Å²) >= 11 is 0. The van der Waals surface area contributed by atoms with Crippen molar-refractivity contribution < 1.29 is 4.42 Å². The third-order valence-electron chi connectivity index (χ3n) is 3.34. The lowest BCUT2D eigenvalue weighted by atomic mass is 10.0. The molecule has 1 aromatic heterocycles. The predicted molar refractivity (Wildman–Crippen MR) is 68.7 cm³/mol. The number of hydrogen-bond acceptors (Lipinski definition) is 2. The van der Waals surface area contributed by atoms with Gasteiger partial charge < -0.3 is 9.73 Å². The molecule has 2 heterocycles. The van der Waals surface area contributed by atoms with Gasteiger partial charge in [-0.3, -0.25) is 0 Å². The summed E-state index contributed by atoms with van der Waals surface area (Å²) in [5.41, 5.74) is 1.15. The largest absolute Gasteiger partial charge is 0.459 e. The van der Waals surface area contributed by atoms with Crippen LogP contribution in [0.2, 0.25) is 0 Å². The maximum atomic E-state index is 5.95. The molecule has 88 valence electrons. The first-order valence-corrected chi connectivity index (χ1v) is 6.32. The third-order valence-corrected chi connectivity index (χ3v) is 3.34. The molecule has 3 rings (SSSR count). The van der Waals surface area contributed by atoms with Crippen molar-refractivity contribution in [2.75, 3.05) is 6.54 Å². The number of rotatable bonds is 2. The summed E-state index contributed by atoms with van der Waals surface area (Å²) < 4.78 is 5.95. The van der Waals surface area contributed by atoms with Crippen molar-refractivity contribution >= 4 is 0 Å². The molecule has 0 unspecified atom stereocenters. The van der Waals surface area contributed by atoms with Gasteiger partial charge in [0.05, 0.1) is 6.04 Å². The van der Waals surface area contributed by atoms with Crippen molar-refractivity contribution in [2.45, 2.75) is 25.3 Å². The van der Waals surface area contributed by atoms with Crippen LogP contribution >= 0.6 is 0 Å². The molecule has 1 aromatic carbocycles. The molecule has 1 aliphatic rings. The predicted octanol–water partition coefficient (Wildman–Crippen LogP) is 3.76. The highest BCUT2D eigenvalue weighted by molar-refractivity contribution is 5.57. The van der Waals surface area contributed by atoms with Gasteiger partial charge in [0.1, 0.15) is 11.5 Å². The van der Waals surface area contributed by atoms with Crippen LogP contribution in [0.25, 0.3) is 11.3 Å². The topological polar surface area (TPSA) is 25.2 Å². The molecule has 1 atom stereocenters. The van der Waals surface area contributed by atoms with Gasteiger partial charge in [-0.05, 0) is 31.5 Å². The van der Waals surface area contributed by atoms with Crippen LogP contribution in [-0.4, -0.2) is 6.54 Å². The Labute approximate surface area is 102 Å². The smallest absolute Gasteiger partial charge is 0.134 e. The molecule has 2 nitrogen and oxygen atoms in total. The molecule has 0 aliphatic carbocycles. The Hall–Kier alpha value is -1.54. The normalized spacial score (nSPS) is 20.4. The fourth-order valence-corrected chi connectivity index (χ4v) is 2.39. The van der Waals surface area contributed by atoms with E-state index in [2.05, 4.69) is 29.6 Å². The van der Waals surface area contributed by atoms with Crippen LogP contribution in [0, 0.1) is 0 Å². The molecule has 1 fully saturated rings. The molecule has 1 N–H and O–H groups in total. The van der Waals surface area contributed by atoms with Crippen molar-refractivity contribution in [1.29, 1.82) is 0 Å². The number of hydrogen-bond donors (Lipinski definition) is 1. The molecule has 0 amide bonds. The summed E-state index contributed by atoms with van der Waals surface area (Å²) in [6, 6.07) is 14.8. The second kappa shape index (κ2) is 4.76. The maximum Gasteiger partial charge on any atom is 0.134 e. The van der Waals surface area contributed by atoms with Crippen LogP contribution in [-0.2, 0) is 0 Å². The molecule has 0 bridgehead atoms. The average molecular weight is 227 g/mol. The second-order valence-corrected chi connectivity index (χ2v) is 4.57. The Morgan fingerprint density at radius 3 is 2.65 bits per heavy atom. The first-order valence-electron chi connectivity index (χ1n) is 6.32. The quantitative estimate of drug-likeness (QED) is 0.845. The highest BCUT2D eigenvalue weighted by Gasteiger charge is 2.18. The highest BCUT2D eigenvalue weighted by atomic mass is 16.3. The summed E-state index contributed by atoms with van der Waals surface area (Å²) in [7, 11) is 0. The van der Waals surface area contributed by atoms with Crippen molar-refractivity contribution in [3.63, 3.8) is 0 Å². The number of nitrogens with one attached hydrogen (secondary N) is 1. The lowest BCUT2D eigenvalue weighted by Gasteiger charge is -2.21. The van der Waals surface area contributed by atoms with Gasteiger partial charge in [-0.15, -0.1) is 0 Å². The van der Waals surface area contributed by atoms with Gasteiger partial charge in [0, 0.05) is 5.56 Å². The lowest BCUT2D eigenvalue weighted by Crippen LogP contribution is -2.26. The monoisotopic (exact) mass is 227 g/mol. The van der Waals surface area contributed by atoms with Crippen molar-refractivity contribution in [3.05, 3.63) is 48.2 Å². The van der Waals surface area contributed by atoms with Gasteiger partial charge >= 0.3 is 0 Å². The van der Waals surface area contributed by atoms with E-state index in [0.29, 0.717) is 6.04 Å². The summed E-state index contributed by atoms with van der Waals surface area (Å²) in [6.07, 6.45) is 3.75. The fourth-order valence-electron chi connectivity index (χ4n) is 2.39. The summed E-state index contributed by atoms with van der Waals surface area (Å²) in [5.74, 6) is 2.04. The Kier molecular flexibility index (Phi) is 2.97. The van der Waals surface area contributed by atoms with Crippen LogP contribution in [0.4, 0.5) is 0 Å². The minimum atomic E-state index is 0.404. The number of furan rings is 1. The summed E-state index contributed by atoms with van der Waals surface area (Å²) in [6.45, 7) is 1.10. The van der Waals surface area contributed by atoms with Crippen LogP contribution in [0.5, 0.6) is 0 Å². The molecule has 0 radical (unpaired) electrons. The van der Waals surface area contributed by atoms with E-state index in [1.165, 1.54) is 19.3 Å². The average Bonchev–Trinajstić information content (AvgIpc) is 2.90. The highest BCUT2D eigenvalue weighted by Crippen LogP contribution is 2.28. The van der Waals surface area contributed by atoms with E-state index in [9.17, 15) is 0 Å². The second-order valence-electron chi connectivity index (χ2n) is 4.57. The molecular weight excluding hydrogens is 210 g/mol. The zero-order valence-corrected chi connectivity index (χ0v) is 9.86. The summed E-state index contributed by atoms with van der Waals surface area (Å²) in [4.78, 5) is 0. The van der Waals surface area contributed by atoms with E-state index in [1.807, 2.05) is 18.2 Å². The Morgan fingerprint density at radius 1 is 1.00 bits per heavy atom. The van der Waals surface area contributed by atoms with E-state index < -0.39 is 0 Å². The maximum absolute atomic E-state index is 5.95. The van der Waals surface area contributed by atoms with Gasteiger partial charge in [-0.1, -0.05) is 36.8 Å². The zero-order valence-electron chi connectivity index (χ0n) is 9.86. The molecule has 1 aliphatic heterocycles. The molecular formula is C15H17NO. The first-order chi connectivity index (χ1) is 8.43. The number of benzene rings is 1. The van der Waals surface area contributed by atoms with Gasteiger partial charge in [0.25, 0.3) is 0 Å². The van der Waals surface area contributed by atoms with Gasteiger partial charge in [-0.25, -0.2) is 0 Å². The Balaban J connectivity index is 1.83. The molecule has 1 saturated heterocycles.